The number of hydrogen-bond donors (Lipinski definition) is 2. The van der Waals surface area contributed by atoms with Gasteiger partial charge in [0.1, 0.15) is 0 Å². The lowest BCUT2D eigenvalue weighted by Crippen LogP contribution is -2.25. The van der Waals surface area contributed by atoms with Crippen LogP contribution in [0.2, 0.25) is 0 Å². The highest BCUT2D eigenvalue weighted by Crippen LogP contribution is 2.30. The van der Waals surface area contributed by atoms with Gasteiger partial charge in [0, 0.05) is 24.8 Å². The summed E-state index contributed by atoms with van der Waals surface area (Å²) in [6.45, 7) is 2.15. The van der Waals surface area contributed by atoms with Crippen LogP contribution in [-0.4, -0.2) is 29.4 Å². The Labute approximate surface area is 138 Å². The highest BCUT2D eigenvalue weighted by molar-refractivity contribution is 6.10. The third kappa shape index (κ3) is 2.86. The van der Waals surface area contributed by atoms with Gasteiger partial charge in [-0.1, -0.05) is 12.1 Å². The number of nitrogens with zero attached hydrogens (tertiary/aromatic N) is 1. The molecule has 0 aliphatic carbocycles. The first kappa shape index (κ1) is 15.7. The van der Waals surface area contributed by atoms with Gasteiger partial charge in [-0.25, -0.2) is 4.79 Å². The van der Waals surface area contributed by atoms with Crippen molar-refractivity contribution in [3.8, 4) is 0 Å². The second-order valence-corrected chi connectivity index (χ2v) is 5.57. The molecule has 1 aliphatic rings. The lowest BCUT2D eigenvalue weighted by Gasteiger charge is -2.15. The molecule has 6 nitrogen and oxygen atoms in total. The van der Waals surface area contributed by atoms with E-state index in [-0.39, 0.29) is 17.0 Å². The Hall–Kier alpha value is -3.15. The van der Waals surface area contributed by atoms with Gasteiger partial charge in [0.15, 0.2) is 0 Å². The summed E-state index contributed by atoms with van der Waals surface area (Å²) >= 11 is 0. The molecule has 0 unspecified atom stereocenters. The van der Waals surface area contributed by atoms with Gasteiger partial charge in [-0.2, -0.15) is 0 Å². The highest BCUT2D eigenvalue weighted by atomic mass is 16.4. The first-order valence-electron chi connectivity index (χ1n) is 7.52. The molecular formula is C18H16N2O4. The largest absolute Gasteiger partial charge is 0.478 e. The summed E-state index contributed by atoms with van der Waals surface area (Å²) in [5, 5.41) is 11.9. The Morgan fingerprint density at radius 2 is 1.79 bits per heavy atom. The van der Waals surface area contributed by atoms with E-state index in [1.54, 1.807) is 29.2 Å². The number of benzene rings is 2. The quantitative estimate of drug-likeness (QED) is 0.908. The molecule has 0 aromatic heterocycles. The average Bonchev–Trinajstić information content (AvgIpc) is 2.98. The van der Waals surface area contributed by atoms with Gasteiger partial charge < -0.3 is 15.3 Å². The molecule has 0 fully saturated rings. The van der Waals surface area contributed by atoms with Crippen molar-refractivity contribution in [1.29, 1.82) is 0 Å². The van der Waals surface area contributed by atoms with E-state index in [1.807, 2.05) is 6.07 Å². The number of carboxylic acid groups (broad SMARTS) is 1. The molecule has 1 aliphatic heterocycles. The maximum atomic E-state index is 12.4. The van der Waals surface area contributed by atoms with Gasteiger partial charge in [0.2, 0.25) is 5.91 Å². The fourth-order valence-corrected chi connectivity index (χ4v) is 2.87. The molecule has 1 heterocycles. The summed E-state index contributed by atoms with van der Waals surface area (Å²) in [4.78, 5) is 36.8. The van der Waals surface area contributed by atoms with Gasteiger partial charge in [0.05, 0.1) is 11.1 Å². The van der Waals surface area contributed by atoms with Crippen molar-refractivity contribution in [2.45, 2.75) is 13.3 Å². The van der Waals surface area contributed by atoms with Crippen LogP contribution >= 0.6 is 0 Å². The van der Waals surface area contributed by atoms with Crippen LogP contribution in [0.1, 0.15) is 33.2 Å². The van der Waals surface area contributed by atoms with Crippen LogP contribution in [0, 0.1) is 0 Å². The fraction of sp³-hybridized carbons (Fsp3) is 0.167. The van der Waals surface area contributed by atoms with Crippen molar-refractivity contribution in [3.05, 3.63) is 59.2 Å². The van der Waals surface area contributed by atoms with Crippen LogP contribution < -0.4 is 10.2 Å². The number of carboxylic acids is 1. The second-order valence-electron chi connectivity index (χ2n) is 5.57. The molecular weight excluding hydrogens is 308 g/mol. The number of fused-ring (bicyclic) bond motifs is 1. The summed E-state index contributed by atoms with van der Waals surface area (Å²) in [5.74, 6) is -1.64. The van der Waals surface area contributed by atoms with Crippen LogP contribution in [-0.2, 0) is 11.2 Å². The fourth-order valence-electron chi connectivity index (χ4n) is 2.87. The first-order valence-corrected chi connectivity index (χ1v) is 7.52. The molecule has 2 aromatic rings. The van der Waals surface area contributed by atoms with E-state index < -0.39 is 11.9 Å². The number of amides is 2. The zero-order valence-electron chi connectivity index (χ0n) is 13.1. The first-order chi connectivity index (χ1) is 11.5. The van der Waals surface area contributed by atoms with E-state index in [0.29, 0.717) is 12.2 Å². The predicted octanol–water partition coefficient (Wildman–Crippen LogP) is 2.55. The zero-order valence-corrected chi connectivity index (χ0v) is 13.1. The summed E-state index contributed by atoms with van der Waals surface area (Å²) in [6, 6.07) is 11.4. The molecule has 24 heavy (non-hydrogen) atoms. The van der Waals surface area contributed by atoms with Crippen LogP contribution in [0.3, 0.4) is 0 Å². The molecule has 0 radical (unpaired) electrons. The number of anilines is 2. The molecule has 2 aromatic carbocycles. The van der Waals surface area contributed by atoms with Crippen molar-refractivity contribution in [2.75, 3.05) is 16.8 Å². The minimum atomic E-state index is -1.15. The maximum Gasteiger partial charge on any atom is 0.336 e. The molecule has 0 saturated carbocycles. The van der Waals surface area contributed by atoms with Gasteiger partial charge in [-0.15, -0.1) is 0 Å². The third-order valence-electron chi connectivity index (χ3n) is 4.02. The van der Waals surface area contributed by atoms with Crippen LogP contribution in [0.5, 0.6) is 0 Å². The molecule has 2 amide bonds. The third-order valence-corrected chi connectivity index (χ3v) is 4.02. The van der Waals surface area contributed by atoms with E-state index in [4.69, 9.17) is 0 Å². The Bertz CT molecular complexity index is 845. The standard InChI is InChI=1S/C18H16N2O4/c1-11(21)20-9-8-12-10-13(6-7-16(12)20)19-17(22)14-4-2-3-5-15(14)18(23)24/h2-7,10H,8-9H2,1H3,(H,19,22)(H,23,24). The molecule has 0 spiro atoms. The number of nitrogens with one attached hydrogen (secondary N) is 1. The van der Waals surface area contributed by atoms with E-state index in [9.17, 15) is 19.5 Å². The number of carbonyl (C=O) groups excluding carboxylic acids is 2. The van der Waals surface area contributed by atoms with Gasteiger partial charge in [0.25, 0.3) is 5.91 Å². The molecule has 3 rings (SSSR count). The van der Waals surface area contributed by atoms with E-state index in [1.165, 1.54) is 19.1 Å². The smallest absolute Gasteiger partial charge is 0.336 e. The van der Waals surface area contributed by atoms with E-state index >= 15 is 0 Å². The Balaban J connectivity index is 1.84. The lowest BCUT2D eigenvalue weighted by atomic mass is 10.1. The van der Waals surface area contributed by atoms with Crippen molar-refractivity contribution < 1.29 is 19.5 Å². The van der Waals surface area contributed by atoms with E-state index in [2.05, 4.69) is 5.32 Å². The topological polar surface area (TPSA) is 86.7 Å². The normalized spacial score (nSPS) is 12.6. The van der Waals surface area contributed by atoms with Gasteiger partial charge >= 0.3 is 5.97 Å². The summed E-state index contributed by atoms with van der Waals surface area (Å²) in [7, 11) is 0. The molecule has 0 bridgehead atoms. The lowest BCUT2D eigenvalue weighted by molar-refractivity contribution is -0.116. The Morgan fingerprint density at radius 3 is 2.46 bits per heavy atom. The van der Waals surface area contributed by atoms with Gasteiger partial charge in [-0.05, 0) is 42.3 Å². The minimum Gasteiger partial charge on any atom is -0.478 e. The van der Waals surface area contributed by atoms with Crippen molar-refractivity contribution in [2.24, 2.45) is 0 Å². The van der Waals surface area contributed by atoms with Crippen LogP contribution in [0.4, 0.5) is 11.4 Å². The molecule has 6 heteroatoms. The number of aromatic carboxylic acids is 1. The van der Waals surface area contributed by atoms with Crippen molar-refractivity contribution in [3.63, 3.8) is 0 Å². The maximum absolute atomic E-state index is 12.4. The number of hydrogen-bond acceptors (Lipinski definition) is 3. The SMILES string of the molecule is CC(=O)N1CCc2cc(NC(=O)c3ccccc3C(=O)O)ccc21. The molecule has 122 valence electrons. The molecule has 2 N–H and O–H groups in total. The predicted molar refractivity (Wildman–Crippen MR) is 89.5 cm³/mol. The minimum absolute atomic E-state index is 0.0130. The molecule has 0 saturated heterocycles. The number of carbonyl (C=O) groups is 3. The zero-order chi connectivity index (χ0) is 17.3. The van der Waals surface area contributed by atoms with Gasteiger partial charge in [-0.3, -0.25) is 9.59 Å². The van der Waals surface area contributed by atoms with Crippen LogP contribution in [0.15, 0.2) is 42.5 Å². The van der Waals surface area contributed by atoms with Crippen molar-refractivity contribution >= 4 is 29.2 Å². The summed E-state index contributed by atoms with van der Waals surface area (Å²) in [6.07, 6.45) is 0.727. The number of rotatable bonds is 3. The Morgan fingerprint density at radius 1 is 1.08 bits per heavy atom. The summed E-state index contributed by atoms with van der Waals surface area (Å²) in [5.41, 5.74) is 2.47. The Kier molecular flexibility index (Phi) is 4.04. The van der Waals surface area contributed by atoms with Crippen molar-refractivity contribution in [1.82, 2.24) is 0 Å². The second kappa shape index (κ2) is 6.16. The summed E-state index contributed by atoms with van der Waals surface area (Å²) < 4.78 is 0. The highest BCUT2D eigenvalue weighted by Gasteiger charge is 2.23. The monoisotopic (exact) mass is 324 g/mol. The van der Waals surface area contributed by atoms with E-state index in [0.717, 1.165) is 17.7 Å². The molecule has 0 atom stereocenters. The average molecular weight is 324 g/mol. The van der Waals surface area contributed by atoms with Crippen LogP contribution in [0.25, 0.3) is 0 Å².